The van der Waals surface area contributed by atoms with Crippen molar-refractivity contribution >= 4 is 54.4 Å². The standard InChI is InChI=1S/C36H33Br2N3O/c1-21-33(34(26-5-3-2-4-6-26)29-16-28(38)11-12-30(29)39-21)31-17-32(25-7-9-27(37)10-8-25)41(40-31)35(42)36-18-22-13-23(19-36)15-24(14-22)20-36/h2-12,16,22-24,32H,13-15,17-20H2,1H3/t22?,23?,24?,32-,36?/m0/s1. The van der Waals surface area contributed by atoms with E-state index in [1.165, 1.54) is 19.3 Å². The van der Waals surface area contributed by atoms with E-state index < -0.39 is 0 Å². The van der Waals surface area contributed by atoms with Crippen LogP contribution in [-0.4, -0.2) is 21.6 Å². The van der Waals surface area contributed by atoms with Gasteiger partial charge in [-0.2, -0.15) is 5.10 Å². The molecule has 4 aliphatic carbocycles. The first-order chi connectivity index (χ1) is 20.4. The molecule has 4 saturated carbocycles. The predicted molar refractivity (Wildman–Crippen MR) is 175 cm³/mol. The van der Waals surface area contributed by atoms with Gasteiger partial charge < -0.3 is 0 Å². The number of amides is 1. The van der Waals surface area contributed by atoms with Crippen LogP contribution in [0.25, 0.3) is 22.0 Å². The molecule has 2 heterocycles. The summed E-state index contributed by atoms with van der Waals surface area (Å²) in [5, 5.41) is 8.30. The molecule has 4 bridgehead atoms. The van der Waals surface area contributed by atoms with Crippen molar-refractivity contribution in [3.05, 3.63) is 98.6 Å². The number of carbonyl (C=O) groups is 1. The van der Waals surface area contributed by atoms with E-state index in [1.54, 1.807) is 0 Å². The molecular formula is C36H33Br2N3O. The summed E-state index contributed by atoms with van der Waals surface area (Å²) in [4.78, 5) is 19.9. The first kappa shape index (κ1) is 26.8. The predicted octanol–water partition coefficient (Wildman–Crippen LogP) is 9.63. The monoisotopic (exact) mass is 681 g/mol. The molecule has 1 aromatic heterocycles. The van der Waals surface area contributed by atoms with Crippen LogP contribution in [0.1, 0.15) is 67.8 Å². The number of fused-ring (bicyclic) bond motifs is 1. The number of aromatic nitrogens is 1. The van der Waals surface area contributed by atoms with Crippen LogP contribution in [0.15, 0.2) is 86.8 Å². The number of benzene rings is 3. The normalized spacial score (nSPS) is 28.0. The van der Waals surface area contributed by atoms with E-state index in [2.05, 4.69) is 106 Å². The molecule has 0 N–H and O–H groups in total. The fourth-order valence-corrected chi connectivity index (χ4v) is 9.65. The average Bonchev–Trinajstić information content (AvgIpc) is 3.41. The van der Waals surface area contributed by atoms with Gasteiger partial charge in [0.25, 0.3) is 0 Å². The highest BCUT2D eigenvalue weighted by atomic mass is 79.9. The Bertz CT molecular complexity index is 1710. The topological polar surface area (TPSA) is 45.6 Å². The Balaban J connectivity index is 1.30. The van der Waals surface area contributed by atoms with E-state index >= 15 is 0 Å². The van der Waals surface area contributed by atoms with Crippen LogP contribution in [-0.2, 0) is 4.79 Å². The average molecular weight is 683 g/mol. The third-order valence-electron chi connectivity index (χ3n) is 10.3. The molecular weight excluding hydrogens is 650 g/mol. The Kier molecular flexibility index (Phi) is 6.45. The van der Waals surface area contributed by atoms with Gasteiger partial charge in [0.05, 0.1) is 22.7 Å². The second kappa shape index (κ2) is 10.1. The number of nitrogens with zero attached hydrogens (tertiary/aromatic N) is 3. The lowest BCUT2D eigenvalue weighted by Gasteiger charge is -2.56. The molecule has 3 aromatic carbocycles. The zero-order valence-electron chi connectivity index (χ0n) is 23.7. The van der Waals surface area contributed by atoms with Gasteiger partial charge in [-0.1, -0.05) is 74.3 Å². The zero-order chi connectivity index (χ0) is 28.6. The van der Waals surface area contributed by atoms with E-state index in [-0.39, 0.29) is 17.4 Å². The molecule has 0 radical (unpaired) electrons. The molecule has 4 aromatic rings. The van der Waals surface area contributed by atoms with Crippen LogP contribution in [0.2, 0.25) is 0 Å². The molecule has 5 aliphatic rings. The molecule has 6 heteroatoms. The first-order valence-corrected chi connectivity index (χ1v) is 16.8. The molecule has 212 valence electrons. The maximum atomic E-state index is 14.8. The summed E-state index contributed by atoms with van der Waals surface area (Å²) in [6.07, 6.45) is 7.71. The highest BCUT2D eigenvalue weighted by Gasteiger charge is 2.57. The van der Waals surface area contributed by atoms with Crippen molar-refractivity contribution in [3.63, 3.8) is 0 Å². The minimum atomic E-state index is -0.259. The lowest BCUT2D eigenvalue weighted by Crippen LogP contribution is -2.53. The minimum absolute atomic E-state index is 0.130. The van der Waals surface area contributed by atoms with Gasteiger partial charge in [0.15, 0.2) is 0 Å². The van der Waals surface area contributed by atoms with Gasteiger partial charge in [-0.25, -0.2) is 5.01 Å². The fourth-order valence-electron chi connectivity index (χ4n) is 9.02. The number of carbonyl (C=O) groups excluding carboxylic acids is 1. The van der Waals surface area contributed by atoms with Gasteiger partial charge in [-0.15, -0.1) is 0 Å². The summed E-state index contributed by atoms with van der Waals surface area (Å²) in [5.41, 5.74) is 7.05. The number of hydrogen-bond donors (Lipinski definition) is 0. The van der Waals surface area contributed by atoms with Crippen molar-refractivity contribution < 1.29 is 4.79 Å². The van der Waals surface area contributed by atoms with Gasteiger partial charge >= 0.3 is 0 Å². The van der Waals surface area contributed by atoms with Gasteiger partial charge in [0.2, 0.25) is 5.91 Å². The summed E-state index contributed by atoms with van der Waals surface area (Å²) in [5.74, 6) is 2.35. The summed E-state index contributed by atoms with van der Waals surface area (Å²) in [6.45, 7) is 2.09. The Morgan fingerprint density at radius 2 is 1.48 bits per heavy atom. The van der Waals surface area contributed by atoms with Crippen LogP contribution >= 0.6 is 31.9 Å². The number of hydrazone groups is 1. The molecule has 1 aliphatic heterocycles. The van der Waals surface area contributed by atoms with Crippen molar-refractivity contribution in [2.75, 3.05) is 0 Å². The molecule has 4 nitrogen and oxygen atoms in total. The number of hydrogen-bond acceptors (Lipinski definition) is 3. The quantitative estimate of drug-likeness (QED) is 0.215. The molecule has 1 atom stereocenters. The lowest BCUT2D eigenvalue weighted by molar-refractivity contribution is -0.159. The van der Waals surface area contributed by atoms with E-state index in [9.17, 15) is 4.79 Å². The molecule has 42 heavy (non-hydrogen) atoms. The third kappa shape index (κ3) is 4.40. The van der Waals surface area contributed by atoms with Crippen LogP contribution in [0.5, 0.6) is 0 Å². The van der Waals surface area contributed by atoms with E-state index in [1.807, 2.05) is 11.1 Å². The van der Waals surface area contributed by atoms with Crippen molar-refractivity contribution in [3.8, 4) is 11.1 Å². The molecule has 0 spiro atoms. The largest absolute Gasteiger partial charge is 0.272 e. The fraction of sp³-hybridized carbons (Fsp3) is 0.361. The third-order valence-corrected chi connectivity index (χ3v) is 11.4. The lowest BCUT2D eigenvalue weighted by atomic mass is 9.49. The first-order valence-electron chi connectivity index (χ1n) is 15.2. The maximum absolute atomic E-state index is 14.8. The van der Waals surface area contributed by atoms with Gasteiger partial charge in [0.1, 0.15) is 0 Å². The highest BCUT2D eigenvalue weighted by molar-refractivity contribution is 9.10. The number of rotatable bonds is 4. The number of aryl methyl sites for hydroxylation is 1. The SMILES string of the molecule is Cc1nc2ccc(Br)cc2c(-c2ccccc2)c1C1=NN(C(=O)C23CC4CC(CC(C4)C2)C3)[C@H](c2ccc(Br)cc2)C1. The van der Waals surface area contributed by atoms with E-state index in [4.69, 9.17) is 10.1 Å². The summed E-state index contributed by atoms with van der Waals surface area (Å²) in [7, 11) is 0. The molecule has 0 saturated heterocycles. The second-order valence-corrected chi connectivity index (χ2v) is 15.0. The summed E-state index contributed by atoms with van der Waals surface area (Å²) >= 11 is 7.31. The second-order valence-electron chi connectivity index (χ2n) is 13.1. The minimum Gasteiger partial charge on any atom is -0.272 e. The van der Waals surface area contributed by atoms with Crippen LogP contribution < -0.4 is 0 Å². The van der Waals surface area contributed by atoms with Crippen LogP contribution in [0.3, 0.4) is 0 Å². The molecule has 4 fully saturated rings. The van der Waals surface area contributed by atoms with E-state index in [0.29, 0.717) is 24.2 Å². The van der Waals surface area contributed by atoms with Gasteiger partial charge in [-0.05, 0) is 105 Å². The Hall–Kier alpha value is -2.83. The smallest absolute Gasteiger partial charge is 0.249 e. The van der Waals surface area contributed by atoms with Crippen LogP contribution in [0, 0.1) is 30.1 Å². The Labute approximate surface area is 263 Å². The van der Waals surface area contributed by atoms with Crippen molar-refractivity contribution in [1.82, 2.24) is 9.99 Å². The highest BCUT2D eigenvalue weighted by Crippen LogP contribution is 2.61. The van der Waals surface area contributed by atoms with Crippen molar-refractivity contribution in [2.45, 2.75) is 57.9 Å². The summed E-state index contributed by atoms with van der Waals surface area (Å²) < 4.78 is 2.05. The Morgan fingerprint density at radius 1 is 0.833 bits per heavy atom. The van der Waals surface area contributed by atoms with Crippen molar-refractivity contribution in [1.29, 1.82) is 0 Å². The van der Waals surface area contributed by atoms with Gasteiger partial charge in [0, 0.05) is 37.6 Å². The molecule has 9 rings (SSSR count). The van der Waals surface area contributed by atoms with Gasteiger partial charge in [-0.3, -0.25) is 9.78 Å². The van der Waals surface area contributed by atoms with Crippen molar-refractivity contribution in [2.24, 2.45) is 28.3 Å². The molecule has 0 unspecified atom stereocenters. The maximum Gasteiger partial charge on any atom is 0.249 e. The summed E-state index contributed by atoms with van der Waals surface area (Å²) in [6, 6.07) is 25.2. The van der Waals surface area contributed by atoms with E-state index in [0.717, 1.165) is 72.8 Å². The number of pyridine rings is 1. The molecule has 1 amide bonds. The Morgan fingerprint density at radius 3 is 2.14 bits per heavy atom. The zero-order valence-corrected chi connectivity index (χ0v) is 26.9. The number of halogens is 2. The van der Waals surface area contributed by atoms with Crippen LogP contribution in [0.4, 0.5) is 0 Å².